The first-order valence-electron chi connectivity index (χ1n) is 6.69. The molecule has 0 fully saturated rings. The molecule has 0 spiro atoms. The molecule has 0 N–H and O–H groups in total. The molecule has 0 saturated carbocycles. The van der Waals surface area contributed by atoms with E-state index in [1.54, 1.807) is 0 Å². The number of carbonyl (C=O) groups excluding carboxylic acids is 1. The second-order valence-corrected chi connectivity index (χ2v) is 4.76. The van der Waals surface area contributed by atoms with Crippen molar-refractivity contribution >= 4 is 5.97 Å². The molecule has 1 aromatic carbocycles. The van der Waals surface area contributed by atoms with Crippen LogP contribution in [0.4, 0.5) is 0 Å². The van der Waals surface area contributed by atoms with Crippen molar-refractivity contribution in [3.8, 4) is 5.75 Å². The van der Waals surface area contributed by atoms with Crippen LogP contribution in [0.15, 0.2) is 23.4 Å². The topological polar surface area (TPSA) is 65.0 Å². The van der Waals surface area contributed by atoms with Gasteiger partial charge in [0, 0.05) is 0 Å². The first-order chi connectivity index (χ1) is 9.58. The van der Waals surface area contributed by atoms with Gasteiger partial charge in [-0.05, 0) is 50.3 Å². The summed E-state index contributed by atoms with van der Waals surface area (Å²) in [5.74, 6) is 0.304. The minimum Gasteiger partial charge on any atom is -0.493 e. The molecule has 0 heterocycles. The zero-order valence-corrected chi connectivity index (χ0v) is 12.2. The fourth-order valence-electron chi connectivity index (χ4n) is 1.83. The number of benzene rings is 1. The van der Waals surface area contributed by atoms with Gasteiger partial charge in [0.1, 0.15) is 5.75 Å². The number of unbranched alkanes of at least 4 members (excludes halogenated alkanes) is 1. The molecule has 1 atom stereocenters. The summed E-state index contributed by atoms with van der Waals surface area (Å²) >= 11 is 0. The maximum atomic E-state index is 11.2. The predicted molar refractivity (Wildman–Crippen MR) is 76.9 cm³/mol. The maximum absolute atomic E-state index is 11.2. The number of hydrogen-bond donors (Lipinski definition) is 0. The highest BCUT2D eigenvalue weighted by Gasteiger charge is 2.18. The lowest BCUT2D eigenvalue weighted by molar-refractivity contribution is -0.142. The van der Waals surface area contributed by atoms with E-state index in [1.807, 2.05) is 32.0 Å². The lowest BCUT2D eigenvalue weighted by atomic mass is 10.1. The quantitative estimate of drug-likeness (QED) is 0.416. The molecule has 1 unspecified atom stereocenters. The summed E-state index contributed by atoms with van der Waals surface area (Å²) in [6.45, 7) is 4.57. The molecule has 0 aromatic heterocycles. The molecular formula is C15H21NO4. The summed E-state index contributed by atoms with van der Waals surface area (Å²) in [7, 11) is 1.25. The van der Waals surface area contributed by atoms with Gasteiger partial charge >= 0.3 is 5.97 Å². The normalized spacial score (nSPS) is 11.8. The second kappa shape index (κ2) is 8.30. The van der Waals surface area contributed by atoms with Gasteiger partial charge in [0.15, 0.2) is 6.04 Å². The third-order valence-electron chi connectivity index (χ3n) is 3.07. The Labute approximate surface area is 119 Å². The highest BCUT2D eigenvalue weighted by Crippen LogP contribution is 2.19. The number of hydrogen-bond acceptors (Lipinski definition) is 5. The minimum atomic E-state index is -0.902. The third kappa shape index (κ3) is 4.99. The van der Waals surface area contributed by atoms with E-state index in [-0.39, 0.29) is 0 Å². The van der Waals surface area contributed by atoms with Crippen LogP contribution >= 0.6 is 0 Å². The number of nitrogens with zero attached hydrogens (tertiary/aromatic N) is 1. The van der Waals surface area contributed by atoms with Crippen LogP contribution in [0.2, 0.25) is 0 Å². The smallest absolute Gasteiger partial charge is 0.334 e. The largest absolute Gasteiger partial charge is 0.493 e. The van der Waals surface area contributed by atoms with E-state index in [0.717, 1.165) is 23.3 Å². The van der Waals surface area contributed by atoms with Crippen LogP contribution in [0, 0.1) is 18.8 Å². The van der Waals surface area contributed by atoms with Crippen molar-refractivity contribution in [2.24, 2.45) is 5.18 Å². The van der Waals surface area contributed by atoms with Crippen molar-refractivity contribution < 1.29 is 14.3 Å². The molecule has 20 heavy (non-hydrogen) atoms. The maximum Gasteiger partial charge on any atom is 0.334 e. The summed E-state index contributed by atoms with van der Waals surface area (Å²) in [5, 5.41) is 2.77. The minimum absolute atomic E-state index is 0.395. The van der Waals surface area contributed by atoms with Crippen LogP contribution in [0.1, 0.15) is 30.4 Å². The predicted octanol–water partition coefficient (Wildman–Crippen LogP) is 3.16. The highest BCUT2D eigenvalue weighted by atomic mass is 16.5. The van der Waals surface area contributed by atoms with Crippen molar-refractivity contribution in [2.75, 3.05) is 13.7 Å². The van der Waals surface area contributed by atoms with Crippen LogP contribution < -0.4 is 4.74 Å². The van der Waals surface area contributed by atoms with E-state index in [2.05, 4.69) is 9.91 Å². The molecule has 110 valence electrons. The Morgan fingerprint density at radius 2 is 2.05 bits per heavy atom. The van der Waals surface area contributed by atoms with Gasteiger partial charge in [-0.2, -0.15) is 0 Å². The molecule has 0 aliphatic heterocycles. The second-order valence-electron chi connectivity index (χ2n) is 4.76. The van der Waals surface area contributed by atoms with E-state index in [0.29, 0.717) is 19.4 Å². The summed E-state index contributed by atoms with van der Waals surface area (Å²) in [6, 6.07) is 5.16. The van der Waals surface area contributed by atoms with E-state index < -0.39 is 12.0 Å². The summed E-state index contributed by atoms with van der Waals surface area (Å²) in [4.78, 5) is 21.7. The molecule has 0 aliphatic rings. The van der Waals surface area contributed by atoms with E-state index in [9.17, 15) is 9.70 Å². The molecular weight excluding hydrogens is 258 g/mol. The molecule has 0 aliphatic carbocycles. The van der Waals surface area contributed by atoms with E-state index >= 15 is 0 Å². The van der Waals surface area contributed by atoms with Crippen molar-refractivity contribution in [3.63, 3.8) is 0 Å². The number of carbonyl (C=O) groups is 1. The number of rotatable bonds is 8. The number of methoxy groups -OCH3 is 1. The van der Waals surface area contributed by atoms with Crippen molar-refractivity contribution in [3.05, 3.63) is 34.2 Å². The van der Waals surface area contributed by atoms with Gasteiger partial charge in [0.25, 0.3) is 0 Å². The number of nitroso groups, excluding NO2 is 1. The first-order valence-corrected chi connectivity index (χ1v) is 6.69. The van der Waals surface area contributed by atoms with Crippen LogP contribution in [0.3, 0.4) is 0 Å². The Hall–Kier alpha value is -1.91. The fraction of sp³-hybridized carbons (Fsp3) is 0.533. The van der Waals surface area contributed by atoms with Gasteiger partial charge in [-0.15, -0.1) is 4.91 Å². The standard InChI is InChI=1S/C15H21NO4/c1-11-7-8-12(2)14(10-11)20-9-5-4-6-13(16-18)15(17)19-3/h7-8,10,13H,4-6,9H2,1-3H3. The SMILES string of the molecule is COC(=O)C(CCCCOc1cc(C)ccc1C)N=O. The van der Waals surface area contributed by atoms with Crippen molar-refractivity contribution in [1.29, 1.82) is 0 Å². The van der Waals surface area contributed by atoms with Crippen LogP contribution in [0.5, 0.6) is 5.75 Å². The average molecular weight is 279 g/mol. The van der Waals surface area contributed by atoms with Crippen molar-refractivity contribution in [2.45, 2.75) is 39.2 Å². The monoisotopic (exact) mass is 279 g/mol. The Bertz CT molecular complexity index is 459. The fourth-order valence-corrected chi connectivity index (χ4v) is 1.83. The molecule has 5 nitrogen and oxygen atoms in total. The lowest BCUT2D eigenvalue weighted by Gasteiger charge is -2.10. The number of aryl methyl sites for hydroxylation is 2. The number of ether oxygens (including phenoxy) is 2. The first kappa shape index (κ1) is 16.1. The van der Waals surface area contributed by atoms with Crippen LogP contribution in [0.25, 0.3) is 0 Å². The van der Waals surface area contributed by atoms with E-state index in [1.165, 1.54) is 7.11 Å². The van der Waals surface area contributed by atoms with Gasteiger partial charge in [0.2, 0.25) is 0 Å². The zero-order valence-electron chi connectivity index (χ0n) is 12.2. The van der Waals surface area contributed by atoms with Gasteiger partial charge < -0.3 is 9.47 Å². The average Bonchev–Trinajstić information content (AvgIpc) is 2.45. The molecule has 1 aromatic rings. The van der Waals surface area contributed by atoms with Crippen LogP contribution in [-0.4, -0.2) is 25.7 Å². The number of esters is 1. The summed E-state index contributed by atoms with van der Waals surface area (Å²) < 4.78 is 10.2. The molecule has 0 amide bonds. The van der Waals surface area contributed by atoms with Gasteiger partial charge in [-0.1, -0.05) is 17.3 Å². The molecule has 5 heteroatoms. The Kier molecular flexibility index (Phi) is 6.70. The highest BCUT2D eigenvalue weighted by molar-refractivity contribution is 5.75. The third-order valence-corrected chi connectivity index (χ3v) is 3.07. The van der Waals surface area contributed by atoms with Gasteiger partial charge in [-0.25, -0.2) is 4.79 Å². The summed E-state index contributed by atoms with van der Waals surface area (Å²) in [5.41, 5.74) is 2.25. The lowest BCUT2D eigenvalue weighted by Crippen LogP contribution is -2.19. The Morgan fingerprint density at radius 3 is 2.70 bits per heavy atom. The Morgan fingerprint density at radius 1 is 1.30 bits per heavy atom. The van der Waals surface area contributed by atoms with E-state index in [4.69, 9.17) is 4.74 Å². The molecule has 0 radical (unpaired) electrons. The van der Waals surface area contributed by atoms with Gasteiger partial charge in [-0.3, -0.25) is 0 Å². The zero-order chi connectivity index (χ0) is 15.0. The molecule has 1 rings (SSSR count). The summed E-state index contributed by atoms with van der Waals surface area (Å²) in [6.07, 6.45) is 1.85. The van der Waals surface area contributed by atoms with Gasteiger partial charge in [0.05, 0.1) is 13.7 Å². The Balaban J connectivity index is 2.30. The van der Waals surface area contributed by atoms with Crippen molar-refractivity contribution in [1.82, 2.24) is 0 Å². The van der Waals surface area contributed by atoms with Crippen LogP contribution in [-0.2, 0) is 9.53 Å². The molecule has 0 bridgehead atoms. The molecule has 0 saturated heterocycles.